The van der Waals surface area contributed by atoms with Crippen molar-refractivity contribution in [3.05, 3.63) is 63.0 Å². The first-order valence-corrected chi connectivity index (χ1v) is 9.63. The van der Waals surface area contributed by atoms with E-state index in [1.165, 1.54) is 12.1 Å². The molecule has 25 heavy (non-hydrogen) atoms. The Hall–Kier alpha value is -1.47. The predicted molar refractivity (Wildman–Crippen MR) is 107 cm³/mol. The van der Waals surface area contributed by atoms with Crippen LogP contribution in [0.2, 0.25) is 0 Å². The van der Waals surface area contributed by atoms with Crippen molar-refractivity contribution in [1.29, 1.82) is 0 Å². The van der Waals surface area contributed by atoms with Crippen molar-refractivity contribution < 1.29 is 9.18 Å². The first kappa shape index (κ1) is 18.3. The number of nitrogens with one attached hydrogen (secondary N) is 1. The Balaban J connectivity index is 1.60. The van der Waals surface area contributed by atoms with Gasteiger partial charge in [-0.3, -0.25) is 9.69 Å². The molecule has 0 aromatic heterocycles. The van der Waals surface area contributed by atoms with Gasteiger partial charge in [-0.25, -0.2) is 4.39 Å². The number of piperidine rings is 1. The molecule has 0 bridgehead atoms. The molecule has 3 rings (SSSR count). The van der Waals surface area contributed by atoms with E-state index in [0.29, 0.717) is 0 Å². The van der Waals surface area contributed by atoms with Gasteiger partial charge in [-0.1, -0.05) is 12.1 Å². The first-order chi connectivity index (χ1) is 12.0. The van der Waals surface area contributed by atoms with Gasteiger partial charge in [-0.2, -0.15) is 0 Å². The fourth-order valence-electron chi connectivity index (χ4n) is 3.26. The lowest BCUT2D eigenvalue weighted by molar-refractivity contribution is -0.121. The van der Waals surface area contributed by atoms with Gasteiger partial charge in [0.2, 0.25) is 5.91 Å². The van der Waals surface area contributed by atoms with Crippen molar-refractivity contribution in [3.63, 3.8) is 0 Å². The molecule has 1 saturated heterocycles. The molecule has 0 aliphatic carbocycles. The van der Waals surface area contributed by atoms with E-state index in [2.05, 4.69) is 38.9 Å². The Morgan fingerprint density at radius 1 is 1.28 bits per heavy atom. The van der Waals surface area contributed by atoms with Crippen LogP contribution in [0.3, 0.4) is 0 Å². The van der Waals surface area contributed by atoms with Crippen LogP contribution in [-0.2, 0) is 11.3 Å². The highest BCUT2D eigenvalue weighted by molar-refractivity contribution is 14.1. The third-order valence-corrected chi connectivity index (χ3v) is 5.31. The third kappa shape index (κ3) is 5.01. The largest absolute Gasteiger partial charge is 0.326 e. The minimum absolute atomic E-state index is 0.00660. The molecule has 2 aromatic rings. The topological polar surface area (TPSA) is 32.3 Å². The summed E-state index contributed by atoms with van der Waals surface area (Å²) in [5.41, 5.74) is 3.05. The molecular formula is C20H22FIN2O. The maximum atomic E-state index is 13.0. The highest BCUT2D eigenvalue weighted by Crippen LogP contribution is 2.23. The molecule has 1 atom stereocenters. The number of hydrogen-bond acceptors (Lipinski definition) is 2. The van der Waals surface area contributed by atoms with Gasteiger partial charge in [0.1, 0.15) is 5.82 Å². The normalized spacial score (nSPS) is 18.1. The molecule has 1 aliphatic heterocycles. The first-order valence-electron chi connectivity index (χ1n) is 8.55. The van der Waals surface area contributed by atoms with Gasteiger partial charge in [-0.05, 0) is 90.4 Å². The summed E-state index contributed by atoms with van der Waals surface area (Å²) in [6, 6.07) is 12.6. The van der Waals surface area contributed by atoms with Crippen LogP contribution in [-0.4, -0.2) is 23.9 Å². The number of halogens is 2. The highest BCUT2D eigenvalue weighted by atomic mass is 127. The molecule has 0 saturated carbocycles. The monoisotopic (exact) mass is 452 g/mol. The maximum Gasteiger partial charge on any atom is 0.228 e. The summed E-state index contributed by atoms with van der Waals surface area (Å²) in [5, 5.41) is 3.08. The molecule has 1 unspecified atom stereocenters. The van der Waals surface area contributed by atoms with Crippen LogP contribution in [0.15, 0.2) is 42.5 Å². The van der Waals surface area contributed by atoms with Gasteiger partial charge in [0.25, 0.3) is 0 Å². The SMILES string of the molecule is Cc1cc(I)ccc1NC(=O)C1CCCN(Cc2ccc(F)cc2)C1. The van der Waals surface area contributed by atoms with Crippen LogP contribution >= 0.6 is 22.6 Å². The van der Waals surface area contributed by atoms with E-state index in [1.54, 1.807) is 0 Å². The summed E-state index contributed by atoms with van der Waals surface area (Å²) >= 11 is 2.27. The van der Waals surface area contributed by atoms with Crippen molar-refractivity contribution in [2.45, 2.75) is 26.3 Å². The molecule has 0 radical (unpaired) electrons. The zero-order valence-electron chi connectivity index (χ0n) is 14.3. The lowest BCUT2D eigenvalue weighted by Gasteiger charge is -2.32. The average molecular weight is 452 g/mol. The van der Waals surface area contributed by atoms with Gasteiger partial charge in [0.05, 0.1) is 5.92 Å². The van der Waals surface area contributed by atoms with Crippen molar-refractivity contribution in [3.8, 4) is 0 Å². The van der Waals surface area contributed by atoms with E-state index in [-0.39, 0.29) is 17.6 Å². The summed E-state index contributed by atoms with van der Waals surface area (Å²) < 4.78 is 14.2. The van der Waals surface area contributed by atoms with E-state index >= 15 is 0 Å². The van der Waals surface area contributed by atoms with Gasteiger partial charge in [0, 0.05) is 22.3 Å². The number of benzene rings is 2. The lowest BCUT2D eigenvalue weighted by Crippen LogP contribution is -2.40. The molecule has 1 heterocycles. The average Bonchev–Trinajstić information content (AvgIpc) is 2.60. The number of carbonyl (C=O) groups is 1. The lowest BCUT2D eigenvalue weighted by atomic mass is 9.96. The van der Waals surface area contributed by atoms with Crippen LogP contribution in [0, 0.1) is 22.2 Å². The van der Waals surface area contributed by atoms with E-state index < -0.39 is 0 Å². The van der Waals surface area contributed by atoms with Crippen molar-refractivity contribution in [1.82, 2.24) is 4.90 Å². The molecule has 1 N–H and O–H groups in total. The number of anilines is 1. The molecule has 5 heteroatoms. The Morgan fingerprint density at radius 3 is 2.76 bits per heavy atom. The molecule has 132 valence electrons. The summed E-state index contributed by atoms with van der Waals surface area (Å²) in [6.45, 7) is 4.49. The Labute approximate surface area is 161 Å². The molecule has 1 fully saturated rings. The van der Waals surface area contributed by atoms with Gasteiger partial charge in [0.15, 0.2) is 0 Å². The minimum atomic E-state index is -0.215. The second kappa shape index (κ2) is 8.27. The van der Waals surface area contributed by atoms with Gasteiger partial charge < -0.3 is 5.32 Å². The molecule has 2 aromatic carbocycles. The molecule has 0 spiro atoms. The molecule has 1 aliphatic rings. The molecule has 1 amide bonds. The number of hydrogen-bond donors (Lipinski definition) is 1. The third-order valence-electron chi connectivity index (χ3n) is 4.64. The Bertz CT molecular complexity index is 748. The number of likely N-dealkylation sites (tertiary alicyclic amines) is 1. The predicted octanol–water partition coefficient (Wildman–Crippen LogP) is 4.59. The number of rotatable bonds is 4. The number of amides is 1. The van der Waals surface area contributed by atoms with Crippen LogP contribution in [0.25, 0.3) is 0 Å². The van der Waals surface area contributed by atoms with Crippen LogP contribution in [0.4, 0.5) is 10.1 Å². The Kier molecular flexibility index (Phi) is 6.06. The molecular weight excluding hydrogens is 430 g/mol. The van der Waals surface area contributed by atoms with Crippen LogP contribution < -0.4 is 5.32 Å². The van der Waals surface area contributed by atoms with Gasteiger partial charge in [-0.15, -0.1) is 0 Å². The van der Waals surface area contributed by atoms with E-state index in [1.807, 2.05) is 31.2 Å². The van der Waals surface area contributed by atoms with E-state index in [9.17, 15) is 9.18 Å². The second-order valence-electron chi connectivity index (χ2n) is 6.65. The fourth-order valence-corrected chi connectivity index (χ4v) is 3.91. The number of aryl methyl sites for hydroxylation is 1. The highest BCUT2D eigenvalue weighted by Gasteiger charge is 2.26. The molecule has 3 nitrogen and oxygen atoms in total. The summed E-state index contributed by atoms with van der Waals surface area (Å²) in [4.78, 5) is 14.9. The summed E-state index contributed by atoms with van der Waals surface area (Å²) in [7, 11) is 0. The van der Waals surface area contributed by atoms with Gasteiger partial charge >= 0.3 is 0 Å². The number of carbonyl (C=O) groups excluding carboxylic acids is 1. The van der Waals surface area contributed by atoms with E-state index in [0.717, 1.165) is 52.9 Å². The zero-order valence-corrected chi connectivity index (χ0v) is 16.4. The van der Waals surface area contributed by atoms with Crippen molar-refractivity contribution in [2.75, 3.05) is 18.4 Å². The van der Waals surface area contributed by atoms with E-state index in [4.69, 9.17) is 0 Å². The summed E-state index contributed by atoms with van der Waals surface area (Å²) in [6.07, 6.45) is 1.92. The van der Waals surface area contributed by atoms with Crippen molar-refractivity contribution in [2.24, 2.45) is 5.92 Å². The smallest absolute Gasteiger partial charge is 0.228 e. The second-order valence-corrected chi connectivity index (χ2v) is 7.89. The standard InChI is InChI=1S/C20H22FIN2O/c1-14-11-18(22)8-9-19(14)23-20(25)16-3-2-10-24(13-16)12-15-4-6-17(21)7-5-15/h4-9,11,16H,2-3,10,12-13H2,1H3,(H,23,25). The zero-order chi connectivity index (χ0) is 17.8. The number of nitrogens with zero attached hydrogens (tertiary/aromatic N) is 1. The fraction of sp³-hybridized carbons (Fsp3) is 0.350. The van der Waals surface area contributed by atoms with Crippen molar-refractivity contribution >= 4 is 34.2 Å². The summed E-state index contributed by atoms with van der Waals surface area (Å²) in [5.74, 6) is -0.131. The van der Waals surface area contributed by atoms with Crippen LogP contribution in [0.1, 0.15) is 24.0 Å². The Morgan fingerprint density at radius 2 is 2.04 bits per heavy atom. The quantitative estimate of drug-likeness (QED) is 0.689. The van der Waals surface area contributed by atoms with Crippen LogP contribution in [0.5, 0.6) is 0 Å². The minimum Gasteiger partial charge on any atom is -0.326 e. The maximum absolute atomic E-state index is 13.0.